The minimum absolute atomic E-state index is 0.293. The van der Waals surface area contributed by atoms with Crippen LogP contribution in [-0.2, 0) is 12.3 Å². The molecule has 0 spiro atoms. The van der Waals surface area contributed by atoms with Gasteiger partial charge in [0.2, 0.25) is 0 Å². The third kappa shape index (κ3) is 3.67. The van der Waals surface area contributed by atoms with E-state index in [-0.39, 0.29) is 5.82 Å². The average molecular weight is 346 g/mol. The molecule has 7 heteroatoms. The van der Waals surface area contributed by atoms with Crippen LogP contribution in [0, 0.1) is 18.7 Å². The highest BCUT2D eigenvalue weighted by molar-refractivity contribution is 7.98. The first-order chi connectivity index (χ1) is 11.5. The van der Waals surface area contributed by atoms with E-state index in [0.29, 0.717) is 23.1 Å². The Bertz CT molecular complexity index is 828. The SMILES string of the molecule is Cc1cc(CSc2nnc(-c3ccccc3F)n2CC(C)C)no1. The molecule has 0 bridgehead atoms. The molecule has 0 fully saturated rings. The van der Waals surface area contributed by atoms with Gasteiger partial charge in [0.1, 0.15) is 11.6 Å². The standard InChI is InChI=1S/C17H19FN4OS/c1-11(2)9-22-16(14-6-4-5-7-15(14)18)19-20-17(22)24-10-13-8-12(3)23-21-13/h4-8,11H,9-10H2,1-3H3. The highest BCUT2D eigenvalue weighted by Gasteiger charge is 2.18. The maximum Gasteiger partial charge on any atom is 0.191 e. The molecule has 0 saturated carbocycles. The number of hydrogen-bond donors (Lipinski definition) is 0. The van der Waals surface area contributed by atoms with Gasteiger partial charge in [-0.2, -0.15) is 0 Å². The minimum Gasteiger partial charge on any atom is -0.361 e. The van der Waals surface area contributed by atoms with Gasteiger partial charge < -0.3 is 9.09 Å². The van der Waals surface area contributed by atoms with Gasteiger partial charge in [-0.15, -0.1) is 10.2 Å². The van der Waals surface area contributed by atoms with E-state index >= 15 is 0 Å². The topological polar surface area (TPSA) is 56.7 Å². The molecular weight excluding hydrogens is 327 g/mol. The zero-order valence-corrected chi connectivity index (χ0v) is 14.7. The number of thioether (sulfide) groups is 1. The van der Waals surface area contributed by atoms with Gasteiger partial charge in [-0.25, -0.2) is 4.39 Å². The molecule has 0 saturated heterocycles. The lowest BCUT2D eigenvalue weighted by Crippen LogP contribution is -2.08. The molecule has 0 atom stereocenters. The van der Waals surface area contributed by atoms with Crippen molar-refractivity contribution in [1.29, 1.82) is 0 Å². The number of hydrogen-bond acceptors (Lipinski definition) is 5. The van der Waals surface area contributed by atoms with Gasteiger partial charge in [0.25, 0.3) is 0 Å². The Hall–Kier alpha value is -2.15. The second kappa shape index (κ2) is 7.17. The Balaban J connectivity index is 1.90. The summed E-state index contributed by atoms with van der Waals surface area (Å²) in [6.07, 6.45) is 0. The van der Waals surface area contributed by atoms with Crippen LogP contribution in [0.15, 0.2) is 40.0 Å². The summed E-state index contributed by atoms with van der Waals surface area (Å²) in [6.45, 7) is 6.80. The van der Waals surface area contributed by atoms with Crippen molar-refractivity contribution in [3.05, 3.63) is 47.6 Å². The van der Waals surface area contributed by atoms with E-state index in [1.165, 1.54) is 17.8 Å². The number of rotatable bonds is 6. The number of aromatic nitrogens is 4. The van der Waals surface area contributed by atoms with Crippen LogP contribution < -0.4 is 0 Å². The van der Waals surface area contributed by atoms with Crippen LogP contribution in [0.5, 0.6) is 0 Å². The highest BCUT2D eigenvalue weighted by atomic mass is 32.2. The van der Waals surface area contributed by atoms with Gasteiger partial charge in [0, 0.05) is 18.4 Å². The number of nitrogens with zero attached hydrogens (tertiary/aromatic N) is 4. The molecule has 1 aromatic carbocycles. The fourth-order valence-corrected chi connectivity index (χ4v) is 3.22. The fraction of sp³-hybridized carbons (Fsp3) is 0.353. The molecule has 0 aliphatic rings. The molecule has 2 heterocycles. The van der Waals surface area contributed by atoms with Crippen molar-refractivity contribution in [3.8, 4) is 11.4 Å². The summed E-state index contributed by atoms with van der Waals surface area (Å²) in [5.41, 5.74) is 1.32. The molecule has 5 nitrogen and oxygen atoms in total. The van der Waals surface area contributed by atoms with Gasteiger partial charge >= 0.3 is 0 Å². The van der Waals surface area contributed by atoms with E-state index in [4.69, 9.17) is 4.52 Å². The van der Waals surface area contributed by atoms with Crippen LogP contribution in [0.25, 0.3) is 11.4 Å². The lowest BCUT2D eigenvalue weighted by atomic mass is 10.2. The van der Waals surface area contributed by atoms with Crippen molar-refractivity contribution in [1.82, 2.24) is 19.9 Å². The van der Waals surface area contributed by atoms with Crippen LogP contribution in [0.3, 0.4) is 0 Å². The Kier molecular flexibility index (Phi) is 4.99. The predicted molar refractivity (Wildman–Crippen MR) is 91.1 cm³/mol. The summed E-state index contributed by atoms with van der Waals surface area (Å²) in [5, 5.41) is 13.2. The van der Waals surface area contributed by atoms with Gasteiger partial charge in [-0.05, 0) is 25.0 Å². The highest BCUT2D eigenvalue weighted by Crippen LogP contribution is 2.28. The summed E-state index contributed by atoms with van der Waals surface area (Å²) in [5.74, 6) is 2.06. The van der Waals surface area contributed by atoms with Crippen LogP contribution >= 0.6 is 11.8 Å². The van der Waals surface area contributed by atoms with E-state index in [2.05, 4.69) is 29.2 Å². The molecular formula is C17H19FN4OS. The summed E-state index contributed by atoms with van der Waals surface area (Å²) in [7, 11) is 0. The molecule has 3 aromatic rings. The lowest BCUT2D eigenvalue weighted by molar-refractivity contribution is 0.393. The molecule has 0 aliphatic carbocycles. The quantitative estimate of drug-likeness (QED) is 0.622. The van der Waals surface area contributed by atoms with Crippen molar-refractivity contribution < 1.29 is 8.91 Å². The molecule has 0 aliphatic heterocycles. The smallest absolute Gasteiger partial charge is 0.191 e. The van der Waals surface area contributed by atoms with Crippen LogP contribution in [0.2, 0.25) is 0 Å². The third-order valence-electron chi connectivity index (χ3n) is 3.41. The van der Waals surface area contributed by atoms with E-state index in [0.717, 1.165) is 23.2 Å². The number of aryl methyl sites for hydroxylation is 1. The maximum absolute atomic E-state index is 14.1. The average Bonchev–Trinajstić information content (AvgIpc) is 3.12. The summed E-state index contributed by atoms with van der Waals surface area (Å²) in [4.78, 5) is 0. The number of benzene rings is 1. The summed E-state index contributed by atoms with van der Waals surface area (Å²) >= 11 is 1.52. The Labute approximate surface area is 144 Å². The Morgan fingerprint density at radius 2 is 2.04 bits per heavy atom. The summed E-state index contributed by atoms with van der Waals surface area (Å²) < 4.78 is 21.2. The first-order valence-electron chi connectivity index (χ1n) is 7.77. The molecule has 24 heavy (non-hydrogen) atoms. The van der Waals surface area contributed by atoms with Crippen molar-refractivity contribution in [2.24, 2.45) is 5.92 Å². The third-order valence-corrected chi connectivity index (χ3v) is 4.41. The maximum atomic E-state index is 14.1. The zero-order valence-electron chi connectivity index (χ0n) is 13.9. The number of halogens is 1. The van der Waals surface area contributed by atoms with E-state index < -0.39 is 0 Å². The van der Waals surface area contributed by atoms with Crippen molar-refractivity contribution in [2.45, 2.75) is 38.2 Å². The van der Waals surface area contributed by atoms with Crippen molar-refractivity contribution in [3.63, 3.8) is 0 Å². The first kappa shape index (κ1) is 16.7. The largest absolute Gasteiger partial charge is 0.361 e. The molecule has 0 radical (unpaired) electrons. The zero-order chi connectivity index (χ0) is 17.1. The second-order valence-corrected chi connectivity index (χ2v) is 6.95. The Morgan fingerprint density at radius 1 is 1.25 bits per heavy atom. The minimum atomic E-state index is -0.293. The van der Waals surface area contributed by atoms with E-state index in [1.807, 2.05) is 17.6 Å². The van der Waals surface area contributed by atoms with Crippen LogP contribution in [0.4, 0.5) is 4.39 Å². The van der Waals surface area contributed by atoms with Gasteiger partial charge in [0.15, 0.2) is 11.0 Å². The molecule has 0 unspecified atom stereocenters. The fourth-order valence-electron chi connectivity index (χ4n) is 2.39. The normalized spacial score (nSPS) is 11.4. The van der Waals surface area contributed by atoms with Crippen LogP contribution in [-0.4, -0.2) is 19.9 Å². The van der Waals surface area contributed by atoms with E-state index in [9.17, 15) is 4.39 Å². The first-order valence-corrected chi connectivity index (χ1v) is 8.76. The Morgan fingerprint density at radius 3 is 2.71 bits per heavy atom. The molecule has 126 valence electrons. The molecule has 2 aromatic heterocycles. The monoisotopic (exact) mass is 346 g/mol. The second-order valence-electron chi connectivity index (χ2n) is 6.01. The molecule has 3 rings (SSSR count). The van der Waals surface area contributed by atoms with Crippen molar-refractivity contribution in [2.75, 3.05) is 0 Å². The van der Waals surface area contributed by atoms with Crippen LogP contribution in [0.1, 0.15) is 25.3 Å². The van der Waals surface area contributed by atoms with E-state index in [1.54, 1.807) is 18.2 Å². The van der Waals surface area contributed by atoms with Gasteiger partial charge in [-0.3, -0.25) is 0 Å². The molecule has 0 amide bonds. The van der Waals surface area contributed by atoms with Gasteiger partial charge in [0.05, 0.1) is 11.3 Å². The lowest BCUT2D eigenvalue weighted by Gasteiger charge is -2.12. The van der Waals surface area contributed by atoms with Crippen molar-refractivity contribution >= 4 is 11.8 Å². The molecule has 0 N–H and O–H groups in total. The predicted octanol–water partition coefficient (Wildman–Crippen LogP) is 4.33. The van der Waals surface area contributed by atoms with Gasteiger partial charge in [-0.1, -0.05) is 42.9 Å². The summed E-state index contributed by atoms with van der Waals surface area (Å²) in [6, 6.07) is 8.54.